The van der Waals surface area contributed by atoms with Crippen molar-refractivity contribution < 1.29 is 24.9 Å². The smallest absolute Gasteiger partial charge is 0.320 e. The summed E-state index contributed by atoms with van der Waals surface area (Å²) in [6.07, 6.45) is -1.86. The van der Waals surface area contributed by atoms with Gasteiger partial charge in [-0.25, -0.2) is 0 Å². The summed E-state index contributed by atoms with van der Waals surface area (Å²) in [4.78, 5) is 12.9. The molecule has 1 rings (SSSR count). The van der Waals surface area contributed by atoms with E-state index in [1.54, 1.807) is 11.8 Å². The van der Waals surface area contributed by atoms with Gasteiger partial charge in [-0.05, 0) is 6.92 Å². The topological polar surface area (TPSA) is 90.2 Å². The van der Waals surface area contributed by atoms with Crippen molar-refractivity contribution in [2.45, 2.75) is 19.1 Å². The standard InChI is InChI=1S/C10H19NO5/c1-2-16-9(14)5-11-3-7(6-12)10(15)8(13)4-11/h7-8,10,12-13,15H,2-6H2,1H3/t7-,8-,10-/m1/s1. The molecular formula is C10H19NO5. The van der Waals surface area contributed by atoms with Crippen LogP contribution in [0, 0.1) is 5.92 Å². The largest absolute Gasteiger partial charge is 0.465 e. The van der Waals surface area contributed by atoms with Crippen molar-refractivity contribution in [1.82, 2.24) is 4.90 Å². The van der Waals surface area contributed by atoms with E-state index in [0.29, 0.717) is 13.2 Å². The lowest BCUT2D eigenvalue weighted by atomic mass is 9.93. The molecule has 0 bridgehead atoms. The van der Waals surface area contributed by atoms with Crippen LogP contribution in [0.15, 0.2) is 0 Å². The lowest BCUT2D eigenvalue weighted by molar-refractivity contribution is -0.148. The van der Waals surface area contributed by atoms with Crippen molar-refractivity contribution in [2.75, 3.05) is 32.8 Å². The van der Waals surface area contributed by atoms with Crippen molar-refractivity contribution in [3.8, 4) is 0 Å². The van der Waals surface area contributed by atoms with E-state index in [9.17, 15) is 15.0 Å². The van der Waals surface area contributed by atoms with Gasteiger partial charge in [0, 0.05) is 25.6 Å². The normalized spacial score (nSPS) is 31.4. The second-order valence-corrected chi connectivity index (χ2v) is 4.00. The summed E-state index contributed by atoms with van der Waals surface area (Å²) >= 11 is 0. The van der Waals surface area contributed by atoms with E-state index in [4.69, 9.17) is 9.84 Å². The second-order valence-electron chi connectivity index (χ2n) is 4.00. The van der Waals surface area contributed by atoms with Crippen molar-refractivity contribution >= 4 is 5.97 Å². The average Bonchev–Trinajstić information content (AvgIpc) is 2.23. The number of esters is 1. The number of β-amino-alcohol motifs (C(OH)–C–C–N with tert-alkyl or cyclic N) is 1. The van der Waals surface area contributed by atoms with Crippen LogP contribution in [0.2, 0.25) is 0 Å². The Balaban J connectivity index is 2.47. The van der Waals surface area contributed by atoms with E-state index in [0.717, 1.165) is 0 Å². The molecule has 0 amide bonds. The fraction of sp³-hybridized carbons (Fsp3) is 0.900. The second kappa shape index (κ2) is 6.15. The predicted octanol–water partition coefficient (Wildman–Crippen LogP) is -1.80. The van der Waals surface area contributed by atoms with Gasteiger partial charge >= 0.3 is 5.97 Å². The number of carbonyl (C=O) groups is 1. The Morgan fingerprint density at radius 1 is 1.44 bits per heavy atom. The number of likely N-dealkylation sites (tertiary alicyclic amines) is 1. The zero-order chi connectivity index (χ0) is 12.1. The molecule has 1 heterocycles. The van der Waals surface area contributed by atoms with Crippen LogP contribution >= 0.6 is 0 Å². The van der Waals surface area contributed by atoms with E-state index in [1.165, 1.54) is 0 Å². The van der Waals surface area contributed by atoms with E-state index in [-0.39, 0.29) is 25.7 Å². The molecule has 0 radical (unpaired) electrons. The van der Waals surface area contributed by atoms with Gasteiger partial charge in [-0.2, -0.15) is 0 Å². The molecule has 1 fully saturated rings. The molecule has 0 saturated carbocycles. The van der Waals surface area contributed by atoms with Crippen LogP contribution in [0.1, 0.15) is 6.92 Å². The summed E-state index contributed by atoms with van der Waals surface area (Å²) in [7, 11) is 0. The van der Waals surface area contributed by atoms with Crippen LogP contribution < -0.4 is 0 Å². The summed E-state index contributed by atoms with van der Waals surface area (Å²) in [5.74, 6) is -0.777. The van der Waals surface area contributed by atoms with E-state index in [2.05, 4.69) is 0 Å². The number of ether oxygens (including phenoxy) is 1. The summed E-state index contributed by atoms with van der Waals surface area (Å²) < 4.78 is 4.79. The molecule has 6 nitrogen and oxygen atoms in total. The highest BCUT2D eigenvalue weighted by molar-refractivity contribution is 5.71. The Morgan fingerprint density at radius 3 is 2.69 bits per heavy atom. The molecule has 0 aliphatic carbocycles. The number of aliphatic hydroxyl groups is 3. The Morgan fingerprint density at radius 2 is 2.12 bits per heavy atom. The van der Waals surface area contributed by atoms with Gasteiger partial charge in [0.15, 0.2) is 0 Å². The first-order valence-corrected chi connectivity index (χ1v) is 5.43. The zero-order valence-corrected chi connectivity index (χ0v) is 9.37. The van der Waals surface area contributed by atoms with Crippen LogP contribution in [0.5, 0.6) is 0 Å². The number of hydrogen-bond donors (Lipinski definition) is 3. The molecule has 3 N–H and O–H groups in total. The molecule has 0 aromatic heterocycles. The highest BCUT2D eigenvalue weighted by atomic mass is 16.5. The maximum atomic E-state index is 11.2. The number of carbonyl (C=O) groups excluding carboxylic acids is 1. The molecule has 0 aromatic rings. The van der Waals surface area contributed by atoms with Gasteiger partial charge in [-0.1, -0.05) is 0 Å². The molecule has 0 unspecified atom stereocenters. The van der Waals surface area contributed by atoms with Crippen molar-refractivity contribution in [3.63, 3.8) is 0 Å². The van der Waals surface area contributed by atoms with Crippen LogP contribution in [-0.2, 0) is 9.53 Å². The third-order valence-electron chi connectivity index (χ3n) is 2.71. The third kappa shape index (κ3) is 3.41. The SMILES string of the molecule is CCOC(=O)CN1C[C@H](CO)[C@@H](O)[C@H](O)C1. The molecule has 1 saturated heterocycles. The van der Waals surface area contributed by atoms with Crippen molar-refractivity contribution in [2.24, 2.45) is 5.92 Å². The Bertz CT molecular complexity index is 235. The van der Waals surface area contributed by atoms with E-state index < -0.39 is 18.1 Å². The number of nitrogens with zero attached hydrogens (tertiary/aromatic N) is 1. The van der Waals surface area contributed by atoms with Crippen LogP contribution in [0.4, 0.5) is 0 Å². The first kappa shape index (κ1) is 13.4. The number of aliphatic hydroxyl groups excluding tert-OH is 3. The van der Waals surface area contributed by atoms with Gasteiger partial charge in [0.2, 0.25) is 0 Å². The molecule has 1 aliphatic heterocycles. The Labute approximate surface area is 94.4 Å². The molecule has 1 aliphatic rings. The average molecular weight is 233 g/mol. The Kier molecular flexibility index (Phi) is 5.14. The predicted molar refractivity (Wildman–Crippen MR) is 55.7 cm³/mol. The zero-order valence-electron chi connectivity index (χ0n) is 9.37. The fourth-order valence-electron chi connectivity index (χ4n) is 1.88. The van der Waals surface area contributed by atoms with Gasteiger partial charge in [0.05, 0.1) is 25.4 Å². The molecule has 94 valence electrons. The molecule has 6 heteroatoms. The summed E-state index contributed by atoms with van der Waals surface area (Å²) in [6, 6.07) is 0. The van der Waals surface area contributed by atoms with Gasteiger partial charge in [-0.15, -0.1) is 0 Å². The van der Waals surface area contributed by atoms with Gasteiger partial charge in [0.1, 0.15) is 0 Å². The number of rotatable bonds is 4. The minimum absolute atomic E-state index is 0.0775. The Hall–Kier alpha value is -0.690. The summed E-state index contributed by atoms with van der Waals surface area (Å²) in [5.41, 5.74) is 0. The molecule has 0 aromatic carbocycles. The lowest BCUT2D eigenvalue weighted by Crippen LogP contribution is -2.54. The third-order valence-corrected chi connectivity index (χ3v) is 2.71. The van der Waals surface area contributed by atoms with Crippen LogP contribution in [0.3, 0.4) is 0 Å². The molecule has 16 heavy (non-hydrogen) atoms. The highest BCUT2D eigenvalue weighted by Gasteiger charge is 2.34. The van der Waals surface area contributed by atoms with Crippen molar-refractivity contribution in [1.29, 1.82) is 0 Å². The molecule has 3 atom stereocenters. The van der Waals surface area contributed by atoms with Crippen LogP contribution in [0.25, 0.3) is 0 Å². The van der Waals surface area contributed by atoms with Gasteiger partial charge in [-0.3, -0.25) is 9.69 Å². The summed E-state index contributed by atoms with van der Waals surface area (Å²) in [5, 5.41) is 28.1. The van der Waals surface area contributed by atoms with Gasteiger partial charge in [0.25, 0.3) is 0 Å². The minimum Gasteiger partial charge on any atom is -0.465 e. The first-order valence-electron chi connectivity index (χ1n) is 5.43. The first-order chi connectivity index (χ1) is 7.58. The molecular weight excluding hydrogens is 214 g/mol. The van der Waals surface area contributed by atoms with E-state index >= 15 is 0 Å². The fourth-order valence-corrected chi connectivity index (χ4v) is 1.88. The van der Waals surface area contributed by atoms with Gasteiger partial charge < -0.3 is 20.1 Å². The minimum atomic E-state index is -0.930. The number of hydrogen-bond acceptors (Lipinski definition) is 6. The summed E-state index contributed by atoms with van der Waals surface area (Å²) in [6.45, 7) is 2.51. The van der Waals surface area contributed by atoms with Crippen molar-refractivity contribution in [3.05, 3.63) is 0 Å². The lowest BCUT2D eigenvalue weighted by Gasteiger charge is -2.37. The number of piperidine rings is 1. The van der Waals surface area contributed by atoms with E-state index in [1.807, 2.05) is 0 Å². The maximum Gasteiger partial charge on any atom is 0.320 e. The monoisotopic (exact) mass is 233 g/mol. The maximum absolute atomic E-state index is 11.2. The highest BCUT2D eigenvalue weighted by Crippen LogP contribution is 2.17. The quantitative estimate of drug-likeness (QED) is 0.496. The molecule has 0 spiro atoms. The van der Waals surface area contributed by atoms with Crippen LogP contribution in [-0.4, -0.2) is 71.2 Å².